The van der Waals surface area contributed by atoms with Gasteiger partial charge in [-0.3, -0.25) is 4.79 Å². The van der Waals surface area contributed by atoms with Crippen LogP contribution in [-0.2, 0) is 11.3 Å². The molecule has 1 aliphatic carbocycles. The first-order valence-electron chi connectivity index (χ1n) is 9.83. The molecule has 1 aromatic carbocycles. The monoisotopic (exact) mass is 374 g/mol. The minimum atomic E-state index is -0.245. The Kier molecular flexibility index (Phi) is 7.51. The standard InChI is InChI=1S/C21H34N4O2/c1-6-22-20(25(5)15-19(26)24-21(2,3)4)23-14-16-10-7-8-13-18(16)27-17-11-9-12-17/h7-8,10,13,17H,6,9,11-12,14-15H2,1-5H3,(H,22,23)(H,24,26). The van der Waals surface area contributed by atoms with Crippen LogP contribution in [0.1, 0.15) is 52.5 Å². The van der Waals surface area contributed by atoms with Crippen LogP contribution in [0.3, 0.4) is 0 Å². The maximum atomic E-state index is 12.2. The summed E-state index contributed by atoms with van der Waals surface area (Å²) in [6.07, 6.45) is 3.85. The predicted octanol–water partition coefficient (Wildman–Crippen LogP) is 2.93. The molecule has 0 radical (unpaired) electrons. The van der Waals surface area contributed by atoms with Crippen molar-refractivity contribution >= 4 is 11.9 Å². The number of amides is 1. The molecule has 27 heavy (non-hydrogen) atoms. The Morgan fingerprint density at radius 2 is 2.00 bits per heavy atom. The van der Waals surface area contributed by atoms with Gasteiger partial charge in [-0.15, -0.1) is 0 Å². The third kappa shape index (κ3) is 7.12. The van der Waals surface area contributed by atoms with Gasteiger partial charge in [0.2, 0.25) is 5.91 Å². The number of likely N-dealkylation sites (N-methyl/N-ethyl adjacent to an activating group) is 1. The van der Waals surface area contributed by atoms with E-state index in [1.165, 1.54) is 6.42 Å². The highest BCUT2D eigenvalue weighted by Crippen LogP contribution is 2.27. The molecule has 6 heteroatoms. The van der Waals surface area contributed by atoms with E-state index in [0.717, 1.165) is 30.7 Å². The van der Waals surface area contributed by atoms with Gasteiger partial charge in [0.15, 0.2) is 5.96 Å². The van der Waals surface area contributed by atoms with Crippen LogP contribution in [-0.4, -0.2) is 48.5 Å². The number of hydrogen-bond acceptors (Lipinski definition) is 3. The molecule has 1 aromatic rings. The fraction of sp³-hybridized carbons (Fsp3) is 0.619. The van der Waals surface area contributed by atoms with Crippen LogP contribution in [0.2, 0.25) is 0 Å². The van der Waals surface area contributed by atoms with Gasteiger partial charge >= 0.3 is 0 Å². The number of para-hydroxylation sites is 1. The van der Waals surface area contributed by atoms with Crippen LogP contribution in [0.4, 0.5) is 0 Å². The van der Waals surface area contributed by atoms with Gasteiger partial charge in [-0.1, -0.05) is 18.2 Å². The van der Waals surface area contributed by atoms with Crippen molar-refractivity contribution in [3.8, 4) is 5.75 Å². The third-order valence-electron chi connectivity index (χ3n) is 4.31. The van der Waals surface area contributed by atoms with Gasteiger partial charge < -0.3 is 20.3 Å². The Bertz CT molecular complexity index is 648. The zero-order valence-electron chi connectivity index (χ0n) is 17.3. The molecule has 1 amide bonds. The maximum Gasteiger partial charge on any atom is 0.240 e. The lowest BCUT2D eigenvalue weighted by atomic mass is 9.96. The molecule has 0 heterocycles. The third-order valence-corrected chi connectivity index (χ3v) is 4.31. The van der Waals surface area contributed by atoms with Crippen LogP contribution >= 0.6 is 0 Å². The lowest BCUT2D eigenvalue weighted by Crippen LogP contribution is -2.48. The second-order valence-electron chi connectivity index (χ2n) is 8.10. The average Bonchev–Trinajstić information content (AvgIpc) is 2.53. The molecule has 2 rings (SSSR count). The molecule has 0 bridgehead atoms. The lowest BCUT2D eigenvalue weighted by molar-refractivity contribution is -0.122. The van der Waals surface area contributed by atoms with Crippen molar-refractivity contribution in [2.45, 2.75) is 65.1 Å². The summed E-state index contributed by atoms with van der Waals surface area (Å²) in [7, 11) is 1.88. The van der Waals surface area contributed by atoms with E-state index in [9.17, 15) is 4.79 Å². The predicted molar refractivity (Wildman–Crippen MR) is 110 cm³/mol. The molecule has 0 atom stereocenters. The van der Waals surface area contributed by atoms with Crippen molar-refractivity contribution < 1.29 is 9.53 Å². The highest BCUT2D eigenvalue weighted by molar-refractivity contribution is 5.86. The number of aliphatic imine (C=N–C) groups is 1. The maximum absolute atomic E-state index is 12.2. The summed E-state index contributed by atoms with van der Waals surface area (Å²) in [4.78, 5) is 18.8. The molecule has 0 aromatic heterocycles. The molecule has 0 aliphatic heterocycles. The summed E-state index contributed by atoms with van der Waals surface area (Å²) in [5, 5.41) is 6.24. The average molecular weight is 375 g/mol. The number of rotatable bonds is 7. The van der Waals surface area contributed by atoms with Crippen LogP contribution in [0.15, 0.2) is 29.3 Å². The summed E-state index contributed by atoms with van der Waals surface area (Å²) in [6, 6.07) is 8.06. The smallest absolute Gasteiger partial charge is 0.240 e. The van der Waals surface area contributed by atoms with Gasteiger partial charge in [-0.05, 0) is 53.0 Å². The number of guanidine groups is 1. The van der Waals surface area contributed by atoms with Gasteiger partial charge in [-0.25, -0.2) is 4.99 Å². The van der Waals surface area contributed by atoms with Crippen molar-refractivity contribution in [1.29, 1.82) is 0 Å². The topological polar surface area (TPSA) is 66.0 Å². The van der Waals surface area contributed by atoms with E-state index in [4.69, 9.17) is 9.73 Å². The number of carbonyl (C=O) groups is 1. The first-order chi connectivity index (χ1) is 12.8. The van der Waals surface area contributed by atoms with E-state index in [2.05, 4.69) is 10.6 Å². The highest BCUT2D eigenvalue weighted by Gasteiger charge is 2.20. The highest BCUT2D eigenvalue weighted by atomic mass is 16.5. The van der Waals surface area contributed by atoms with Crippen LogP contribution in [0, 0.1) is 0 Å². The van der Waals surface area contributed by atoms with Crippen molar-refractivity contribution in [2.24, 2.45) is 4.99 Å². The molecule has 0 saturated heterocycles. The van der Waals surface area contributed by atoms with Crippen molar-refractivity contribution in [2.75, 3.05) is 20.1 Å². The summed E-state index contributed by atoms with van der Waals surface area (Å²) in [6.45, 7) is 9.45. The Morgan fingerprint density at radius 3 is 2.59 bits per heavy atom. The molecule has 0 unspecified atom stereocenters. The minimum Gasteiger partial charge on any atom is -0.490 e. The Morgan fingerprint density at radius 1 is 1.30 bits per heavy atom. The number of nitrogens with zero attached hydrogens (tertiary/aromatic N) is 2. The van der Waals surface area contributed by atoms with E-state index < -0.39 is 0 Å². The molecule has 150 valence electrons. The second-order valence-corrected chi connectivity index (χ2v) is 8.10. The van der Waals surface area contributed by atoms with Gasteiger partial charge in [0.05, 0.1) is 19.2 Å². The molecule has 0 spiro atoms. The number of benzene rings is 1. The first kappa shape index (κ1) is 21.1. The molecular formula is C21H34N4O2. The second kappa shape index (κ2) is 9.62. The zero-order valence-corrected chi connectivity index (χ0v) is 17.3. The van der Waals surface area contributed by atoms with Gasteiger partial charge in [0, 0.05) is 24.7 Å². The summed E-state index contributed by atoms with van der Waals surface area (Å²) < 4.78 is 6.09. The summed E-state index contributed by atoms with van der Waals surface area (Å²) in [5.74, 6) is 1.60. The molecule has 2 N–H and O–H groups in total. The summed E-state index contributed by atoms with van der Waals surface area (Å²) >= 11 is 0. The molecule has 6 nitrogen and oxygen atoms in total. The normalized spacial score (nSPS) is 15.1. The van der Waals surface area contributed by atoms with Gasteiger partial charge in [-0.2, -0.15) is 0 Å². The van der Waals surface area contributed by atoms with Crippen molar-refractivity contribution in [1.82, 2.24) is 15.5 Å². The van der Waals surface area contributed by atoms with E-state index in [1.807, 2.05) is 63.9 Å². The number of hydrogen-bond donors (Lipinski definition) is 2. The zero-order chi connectivity index (χ0) is 19.9. The molecule has 1 fully saturated rings. The van der Waals surface area contributed by atoms with Gasteiger partial charge in [0.1, 0.15) is 5.75 Å². The number of ether oxygens (including phenoxy) is 1. The van der Waals surface area contributed by atoms with E-state index >= 15 is 0 Å². The Balaban J connectivity index is 2.03. The SMILES string of the molecule is CCNC(=NCc1ccccc1OC1CCC1)N(C)CC(=O)NC(C)(C)C. The van der Waals surface area contributed by atoms with Crippen molar-refractivity contribution in [3.05, 3.63) is 29.8 Å². The minimum absolute atomic E-state index is 0.0238. The molecular weight excluding hydrogens is 340 g/mol. The van der Waals surface area contributed by atoms with E-state index in [1.54, 1.807) is 0 Å². The van der Waals surface area contributed by atoms with Gasteiger partial charge in [0.25, 0.3) is 0 Å². The van der Waals surface area contributed by atoms with Crippen molar-refractivity contribution in [3.63, 3.8) is 0 Å². The van der Waals surface area contributed by atoms with Crippen LogP contribution in [0.25, 0.3) is 0 Å². The molecule has 1 saturated carbocycles. The fourth-order valence-corrected chi connectivity index (χ4v) is 2.80. The van der Waals surface area contributed by atoms with Crippen LogP contribution < -0.4 is 15.4 Å². The van der Waals surface area contributed by atoms with E-state index in [0.29, 0.717) is 18.6 Å². The molecule has 1 aliphatic rings. The van der Waals surface area contributed by atoms with E-state index in [-0.39, 0.29) is 18.0 Å². The lowest BCUT2D eigenvalue weighted by Gasteiger charge is -2.27. The Hall–Kier alpha value is -2.24. The first-order valence-corrected chi connectivity index (χ1v) is 9.83. The number of carbonyl (C=O) groups excluding carboxylic acids is 1. The largest absolute Gasteiger partial charge is 0.490 e. The summed E-state index contributed by atoms with van der Waals surface area (Å²) in [5.41, 5.74) is 0.818. The number of nitrogens with one attached hydrogen (secondary N) is 2. The Labute approximate surface area is 163 Å². The van der Waals surface area contributed by atoms with Crippen LogP contribution in [0.5, 0.6) is 5.75 Å². The quantitative estimate of drug-likeness (QED) is 0.569. The fourth-order valence-electron chi connectivity index (χ4n) is 2.80.